The molecule has 0 amide bonds. The van der Waals surface area contributed by atoms with Crippen molar-refractivity contribution in [3.8, 4) is 0 Å². The van der Waals surface area contributed by atoms with E-state index in [9.17, 15) is 0 Å². The Morgan fingerprint density at radius 3 is 2.23 bits per heavy atom. The highest BCUT2D eigenvalue weighted by Crippen LogP contribution is 2.19. The van der Waals surface area contributed by atoms with Gasteiger partial charge in [-0.05, 0) is 24.7 Å². The summed E-state index contributed by atoms with van der Waals surface area (Å²) in [6.45, 7) is 7.32. The molecule has 1 N–H and O–H groups in total. The summed E-state index contributed by atoms with van der Waals surface area (Å²) in [5.74, 6) is 1.75. The number of hydrogen-bond donors (Lipinski definition) is 1. The van der Waals surface area contributed by atoms with Gasteiger partial charge in [0.05, 0.1) is 0 Å². The average molecular weight is 186 g/mol. The van der Waals surface area contributed by atoms with Crippen molar-refractivity contribution < 1.29 is 5.11 Å². The molecule has 80 valence electrons. The highest BCUT2D eigenvalue weighted by atomic mass is 16.2. The smallest absolute Gasteiger partial charge is 0.0431 e. The molecule has 0 aliphatic rings. The van der Waals surface area contributed by atoms with E-state index in [0.29, 0.717) is 6.61 Å². The van der Waals surface area contributed by atoms with Crippen molar-refractivity contribution in [3.05, 3.63) is 0 Å². The third-order valence-corrected chi connectivity index (χ3v) is 2.86. The van der Waals surface area contributed by atoms with E-state index in [1.54, 1.807) is 0 Å². The van der Waals surface area contributed by atoms with Crippen LogP contribution in [0, 0.1) is 11.8 Å². The minimum atomic E-state index is 0.361. The van der Waals surface area contributed by atoms with Crippen LogP contribution in [0.1, 0.15) is 59.3 Å². The number of rotatable bonds is 8. The van der Waals surface area contributed by atoms with Gasteiger partial charge in [-0.1, -0.05) is 46.5 Å². The molecule has 0 aromatic carbocycles. The Hall–Kier alpha value is -0.0400. The summed E-state index contributed by atoms with van der Waals surface area (Å²) >= 11 is 0. The predicted octanol–water partition coefficient (Wildman–Crippen LogP) is 3.61. The molecule has 0 aliphatic heterocycles. The Morgan fingerprint density at radius 2 is 1.69 bits per heavy atom. The molecule has 0 rings (SSSR count). The van der Waals surface area contributed by atoms with Crippen molar-refractivity contribution in [1.82, 2.24) is 0 Å². The summed E-state index contributed by atoms with van der Waals surface area (Å²) < 4.78 is 0. The van der Waals surface area contributed by atoms with Gasteiger partial charge < -0.3 is 5.11 Å². The second kappa shape index (κ2) is 8.55. The molecule has 0 heterocycles. The van der Waals surface area contributed by atoms with Crippen LogP contribution in [0.5, 0.6) is 0 Å². The quantitative estimate of drug-likeness (QED) is 0.574. The highest BCUT2D eigenvalue weighted by Gasteiger charge is 2.06. The predicted molar refractivity (Wildman–Crippen MR) is 58.8 cm³/mol. The lowest BCUT2D eigenvalue weighted by Gasteiger charge is -2.15. The van der Waals surface area contributed by atoms with Crippen molar-refractivity contribution in [3.63, 3.8) is 0 Å². The van der Waals surface area contributed by atoms with E-state index in [0.717, 1.165) is 18.3 Å². The Bertz CT molecular complexity index is 101. The van der Waals surface area contributed by atoms with Gasteiger partial charge in [0.1, 0.15) is 0 Å². The first-order chi connectivity index (χ1) is 6.20. The molecular formula is C12H26O. The molecule has 0 saturated carbocycles. The van der Waals surface area contributed by atoms with Crippen molar-refractivity contribution in [1.29, 1.82) is 0 Å². The SMILES string of the molecule is CCC(C)CC(C)CCCCCO. The molecule has 2 unspecified atom stereocenters. The lowest BCUT2D eigenvalue weighted by Crippen LogP contribution is -2.02. The molecule has 0 aromatic rings. The van der Waals surface area contributed by atoms with Gasteiger partial charge in [0.25, 0.3) is 0 Å². The molecule has 0 aliphatic carbocycles. The molecule has 13 heavy (non-hydrogen) atoms. The molecule has 0 bridgehead atoms. The maximum absolute atomic E-state index is 8.61. The monoisotopic (exact) mass is 186 g/mol. The van der Waals surface area contributed by atoms with Gasteiger partial charge >= 0.3 is 0 Å². The lowest BCUT2D eigenvalue weighted by atomic mass is 9.91. The number of aliphatic hydroxyl groups excluding tert-OH is 1. The van der Waals surface area contributed by atoms with Crippen molar-refractivity contribution >= 4 is 0 Å². The van der Waals surface area contributed by atoms with Gasteiger partial charge in [0.2, 0.25) is 0 Å². The fourth-order valence-electron chi connectivity index (χ4n) is 1.75. The summed E-state index contributed by atoms with van der Waals surface area (Å²) in [7, 11) is 0. The summed E-state index contributed by atoms with van der Waals surface area (Å²) in [6, 6.07) is 0. The van der Waals surface area contributed by atoms with E-state index in [-0.39, 0.29) is 0 Å². The number of unbranched alkanes of at least 4 members (excludes halogenated alkanes) is 2. The zero-order chi connectivity index (χ0) is 10.1. The minimum absolute atomic E-state index is 0.361. The van der Waals surface area contributed by atoms with Crippen LogP contribution in [0.2, 0.25) is 0 Å². The average Bonchev–Trinajstić information content (AvgIpc) is 2.12. The first-order valence-electron chi connectivity index (χ1n) is 5.81. The second-order valence-corrected chi connectivity index (χ2v) is 4.43. The van der Waals surface area contributed by atoms with Crippen molar-refractivity contribution in [2.45, 2.75) is 59.3 Å². The van der Waals surface area contributed by atoms with Gasteiger partial charge in [0, 0.05) is 6.61 Å². The molecule has 0 spiro atoms. The number of hydrogen-bond acceptors (Lipinski definition) is 1. The fraction of sp³-hybridized carbons (Fsp3) is 1.00. The first kappa shape index (κ1) is 13.0. The van der Waals surface area contributed by atoms with Gasteiger partial charge in [-0.15, -0.1) is 0 Å². The summed E-state index contributed by atoms with van der Waals surface area (Å²) in [6.07, 6.45) is 7.48. The molecule has 0 aromatic heterocycles. The number of aliphatic hydroxyl groups is 1. The van der Waals surface area contributed by atoms with E-state index in [1.807, 2.05) is 0 Å². The van der Waals surface area contributed by atoms with E-state index < -0.39 is 0 Å². The van der Waals surface area contributed by atoms with E-state index in [1.165, 1.54) is 32.1 Å². The normalized spacial score (nSPS) is 15.7. The van der Waals surface area contributed by atoms with Crippen molar-refractivity contribution in [2.24, 2.45) is 11.8 Å². The molecule has 1 heteroatoms. The minimum Gasteiger partial charge on any atom is -0.396 e. The maximum atomic E-state index is 8.61. The summed E-state index contributed by atoms with van der Waals surface area (Å²) in [5, 5.41) is 8.61. The molecule has 0 radical (unpaired) electrons. The Morgan fingerprint density at radius 1 is 1.00 bits per heavy atom. The summed E-state index contributed by atoms with van der Waals surface area (Å²) in [5.41, 5.74) is 0. The van der Waals surface area contributed by atoms with E-state index in [2.05, 4.69) is 20.8 Å². The van der Waals surface area contributed by atoms with Gasteiger partial charge in [-0.25, -0.2) is 0 Å². The topological polar surface area (TPSA) is 20.2 Å². The van der Waals surface area contributed by atoms with Crippen LogP contribution >= 0.6 is 0 Å². The lowest BCUT2D eigenvalue weighted by molar-refractivity contribution is 0.279. The third-order valence-electron chi connectivity index (χ3n) is 2.86. The zero-order valence-corrected chi connectivity index (χ0v) is 9.55. The third kappa shape index (κ3) is 8.29. The first-order valence-corrected chi connectivity index (χ1v) is 5.81. The Labute approximate surface area is 83.5 Å². The van der Waals surface area contributed by atoms with Gasteiger partial charge in [-0.2, -0.15) is 0 Å². The maximum Gasteiger partial charge on any atom is 0.0431 e. The highest BCUT2D eigenvalue weighted by molar-refractivity contribution is 4.58. The van der Waals surface area contributed by atoms with Crippen LogP contribution in [-0.2, 0) is 0 Å². The second-order valence-electron chi connectivity index (χ2n) is 4.43. The van der Waals surface area contributed by atoms with E-state index in [4.69, 9.17) is 5.11 Å². The largest absolute Gasteiger partial charge is 0.396 e. The van der Waals surface area contributed by atoms with Crippen LogP contribution in [0.25, 0.3) is 0 Å². The standard InChI is InChI=1S/C12H26O/c1-4-11(2)10-12(3)8-6-5-7-9-13/h11-13H,4-10H2,1-3H3. The van der Waals surface area contributed by atoms with Gasteiger partial charge in [-0.3, -0.25) is 0 Å². The molecule has 1 nitrogen and oxygen atoms in total. The molecule has 0 fully saturated rings. The fourth-order valence-corrected chi connectivity index (χ4v) is 1.75. The van der Waals surface area contributed by atoms with Crippen molar-refractivity contribution in [2.75, 3.05) is 6.61 Å². The van der Waals surface area contributed by atoms with Crippen LogP contribution in [0.4, 0.5) is 0 Å². The Kier molecular flexibility index (Phi) is 8.53. The van der Waals surface area contributed by atoms with Crippen LogP contribution in [-0.4, -0.2) is 11.7 Å². The molecule has 0 saturated heterocycles. The van der Waals surface area contributed by atoms with E-state index >= 15 is 0 Å². The molecular weight excluding hydrogens is 160 g/mol. The summed E-state index contributed by atoms with van der Waals surface area (Å²) in [4.78, 5) is 0. The molecule has 2 atom stereocenters. The van der Waals surface area contributed by atoms with Crippen LogP contribution in [0.3, 0.4) is 0 Å². The zero-order valence-electron chi connectivity index (χ0n) is 9.55. The Balaban J connectivity index is 3.24. The van der Waals surface area contributed by atoms with Gasteiger partial charge in [0.15, 0.2) is 0 Å². The van der Waals surface area contributed by atoms with Crippen LogP contribution < -0.4 is 0 Å². The van der Waals surface area contributed by atoms with Crippen LogP contribution in [0.15, 0.2) is 0 Å².